The smallest absolute Gasteiger partial charge is 0.384 e. The summed E-state index contributed by atoms with van der Waals surface area (Å²) in [5, 5.41) is 0.545. The highest BCUT2D eigenvalue weighted by Gasteiger charge is 2.21. The minimum Gasteiger partial charge on any atom is -0.489 e. The van der Waals surface area contributed by atoms with Gasteiger partial charge in [0.05, 0.1) is 0 Å². The molecule has 0 amide bonds. The molecule has 0 bridgehead atoms. The molecule has 0 saturated heterocycles. The summed E-state index contributed by atoms with van der Waals surface area (Å²) in [4.78, 5) is 19.5. The van der Waals surface area contributed by atoms with Crippen LogP contribution in [0.15, 0.2) is 94.2 Å². The van der Waals surface area contributed by atoms with Crippen molar-refractivity contribution in [1.29, 1.82) is 0 Å². The molecule has 0 heterocycles. The fourth-order valence-corrected chi connectivity index (χ4v) is 4.61. The molecule has 5 nitrogen and oxygen atoms in total. The second-order valence-corrected chi connectivity index (χ2v) is 10.4. The highest BCUT2D eigenvalue weighted by molar-refractivity contribution is 7.99. The molecule has 1 atom stereocenters. The third kappa shape index (κ3) is 8.31. The molecule has 4 N–H and O–H groups in total. The lowest BCUT2D eigenvalue weighted by Gasteiger charge is -2.11. The molecule has 0 aromatic heterocycles. The van der Waals surface area contributed by atoms with Gasteiger partial charge in [0.25, 0.3) is 0 Å². The van der Waals surface area contributed by atoms with E-state index in [1.54, 1.807) is 11.8 Å². The van der Waals surface area contributed by atoms with Crippen LogP contribution in [-0.4, -0.2) is 15.8 Å². The van der Waals surface area contributed by atoms with E-state index in [4.69, 9.17) is 31.9 Å². The lowest BCUT2D eigenvalue weighted by Crippen LogP contribution is -2.18. The fraction of sp³-hybridized carbons (Fsp3) is 0.167. The second-order valence-electron chi connectivity index (χ2n) is 7.34. The Labute approximate surface area is 201 Å². The van der Waals surface area contributed by atoms with E-state index in [1.165, 1.54) is 0 Å². The average molecular weight is 508 g/mol. The molecule has 0 aliphatic heterocycles. The summed E-state index contributed by atoms with van der Waals surface area (Å²) in [6.45, 7) is 0.491. The van der Waals surface area contributed by atoms with Gasteiger partial charge in [0, 0.05) is 20.9 Å². The average Bonchev–Trinajstić information content (AvgIpc) is 2.77. The number of hydrogen-bond acceptors (Lipinski definition) is 4. The Kier molecular flexibility index (Phi) is 9.15. The molecule has 0 saturated carbocycles. The number of hydrogen-bond donors (Lipinski definition) is 3. The fourth-order valence-electron chi connectivity index (χ4n) is 2.98. The molecule has 0 fully saturated rings. The number of rotatable bonds is 10. The molecular formula is C24H24ClFNO4PS. The minimum absolute atomic E-state index is 0.292. The first-order chi connectivity index (χ1) is 15.7. The van der Waals surface area contributed by atoms with E-state index >= 15 is 0 Å². The topological polar surface area (TPSA) is 92.8 Å². The predicted molar refractivity (Wildman–Crippen MR) is 130 cm³/mol. The molecule has 0 spiro atoms. The van der Waals surface area contributed by atoms with Gasteiger partial charge < -0.3 is 20.3 Å². The van der Waals surface area contributed by atoms with Crippen molar-refractivity contribution in [2.45, 2.75) is 35.3 Å². The van der Waals surface area contributed by atoms with E-state index in [2.05, 4.69) is 0 Å². The summed E-state index contributed by atoms with van der Waals surface area (Å²) in [6.07, 6.45) is 1.49. The predicted octanol–water partition coefficient (Wildman–Crippen LogP) is 6.32. The normalized spacial score (nSPS) is 13.1. The maximum atomic E-state index is 13.4. The molecule has 174 valence electrons. The first-order valence-corrected chi connectivity index (χ1v) is 12.9. The van der Waals surface area contributed by atoms with Gasteiger partial charge in [-0.3, -0.25) is 4.57 Å². The summed E-state index contributed by atoms with van der Waals surface area (Å²) in [5.74, 6) is 0.774. The van der Waals surface area contributed by atoms with Crippen LogP contribution in [0.1, 0.15) is 17.5 Å². The Morgan fingerprint density at radius 2 is 1.82 bits per heavy atom. The largest absolute Gasteiger partial charge is 0.489 e. The SMILES string of the molecule is NC(C=C(F)P(=O)(O)O)CCc1ccc(Sc2cccc(OCc3ccccc3)c2)cc1Cl. The highest BCUT2D eigenvalue weighted by atomic mass is 35.5. The Morgan fingerprint density at radius 1 is 1.09 bits per heavy atom. The number of benzene rings is 3. The van der Waals surface area contributed by atoms with Crippen molar-refractivity contribution in [3.63, 3.8) is 0 Å². The number of nitrogens with two attached hydrogens (primary N) is 1. The van der Waals surface area contributed by atoms with Gasteiger partial charge in [0.2, 0.25) is 5.57 Å². The van der Waals surface area contributed by atoms with E-state index in [9.17, 15) is 8.96 Å². The molecule has 3 rings (SSSR count). The quantitative estimate of drug-likeness (QED) is 0.278. The first kappa shape index (κ1) is 25.5. The Balaban J connectivity index is 1.58. The molecule has 0 radical (unpaired) electrons. The van der Waals surface area contributed by atoms with Crippen LogP contribution in [0.2, 0.25) is 5.02 Å². The zero-order valence-corrected chi connectivity index (χ0v) is 20.1. The van der Waals surface area contributed by atoms with Gasteiger partial charge in [-0.1, -0.05) is 65.8 Å². The van der Waals surface area contributed by atoms with E-state index in [0.717, 1.165) is 32.7 Å². The van der Waals surface area contributed by atoms with Crippen molar-refractivity contribution in [2.24, 2.45) is 5.73 Å². The van der Waals surface area contributed by atoms with Crippen molar-refractivity contribution in [3.8, 4) is 5.75 Å². The summed E-state index contributed by atoms with van der Waals surface area (Å²) < 4.78 is 30.1. The summed E-state index contributed by atoms with van der Waals surface area (Å²) >= 11 is 7.96. The third-order valence-electron chi connectivity index (χ3n) is 4.69. The van der Waals surface area contributed by atoms with Gasteiger partial charge in [-0.15, -0.1) is 0 Å². The van der Waals surface area contributed by atoms with Gasteiger partial charge >= 0.3 is 7.60 Å². The highest BCUT2D eigenvalue weighted by Crippen LogP contribution is 2.45. The number of ether oxygens (including phenoxy) is 1. The van der Waals surface area contributed by atoms with Crippen molar-refractivity contribution in [2.75, 3.05) is 0 Å². The second kappa shape index (κ2) is 11.8. The van der Waals surface area contributed by atoms with Crippen LogP contribution in [0.25, 0.3) is 0 Å². The Hall–Kier alpha value is -2.12. The number of halogens is 2. The van der Waals surface area contributed by atoms with E-state index in [-0.39, 0.29) is 0 Å². The zero-order chi connectivity index (χ0) is 23.8. The van der Waals surface area contributed by atoms with Crippen LogP contribution in [0, 0.1) is 0 Å². The van der Waals surface area contributed by atoms with Crippen molar-refractivity contribution in [3.05, 3.63) is 101 Å². The molecule has 9 heteroatoms. The van der Waals surface area contributed by atoms with Gasteiger partial charge in [-0.2, -0.15) is 4.39 Å². The van der Waals surface area contributed by atoms with Crippen molar-refractivity contribution in [1.82, 2.24) is 0 Å². The first-order valence-electron chi connectivity index (χ1n) is 10.1. The van der Waals surface area contributed by atoms with Gasteiger partial charge in [-0.25, -0.2) is 0 Å². The zero-order valence-electron chi connectivity index (χ0n) is 17.6. The maximum absolute atomic E-state index is 13.4. The lowest BCUT2D eigenvalue weighted by atomic mass is 10.1. The summed E-state index contributed by atoms with van der Waals surface area (Å²) in [5.41, 5.74) is 6.16. The molecule has 0 aliphatic carbocycles. The Bertz CT molecular complexity index is 1160. The minimum atomic E-state index is -4.90. The monoisotopic (exact) mass is 507 g/mol. The lowest BCUT2D eigenvalue weighted by molar-refractivity contribution is 0.305. The molecule has 3 aromatic rings. The van der Waals surface area contributed by atoms with Crippen LogP contribution in [0.5, 0.6) is 5.75 Å². The molecule has 33 heavy (non-hydrogen) atoms. The standard InChI is InChI=1S/C24H24ClFNO4PS/c25-23-15-22(12-10-18(23)9-11-19(27)13-24(26)32(28,29)30)33-21-8-4-7-20(14-21)31-16-17-5-2-1-3-6-17/h1-8,10,12-15,19H,9,11,16,27H2,(H2,28,29,30). The van der Waals surface area contributed by atoms with Gasteiger partial charge in [0.15, 0.2) is 0 Å². The Morgan fingerprint density at radius 3 is 2.52 bits per heavy atom. The summed E-state index contributed by atoms with van der Waals surface area (Å²) in [6, 6.07) is 22.6. The van der Waals surface area contributed by atoms with E-state index < -0.39 is 19.2 Å². The van der Waals surface area contributed by atoms with E-state index in [1.807, 2.05) is 72.8 Å². The van der Waals surface area contributed by atoms with Crippen LogP contribution >= 0.6 is 31.0 Å². The molecule has 0 aliphatic rings. The maximum Gasteiger partial charge on any atom is 0.384 e. The van der Waals surface area contributed by atoms with Crippen LogP contribution in [-0.2, 0) is 17.6 Å². The molecular weight excluding hydrogens is 484 g/mol. The number of aryl methyl sites for hydroxylation is 1. The van der Waals surface area contributed by atoms with Crippen LogP contribution in [0.4, 0.5) is 4.39 Å². The van der Waals surface area contributed by atoms with Crippen molar-refractivity contribution < 1.29 is 23.5 Å². The summed E-state index contributed by atoms with van der Waals surface area (Å²) in [7, 11) is -4.90. The van der Waals surface area contributed by atoms with Crippen LogP contribution in [0.3, 0.4) is 0 Å². The molecule has 3 aromatic carbocycles. The van der Waals surface area contributed by atoms with Gasteiger partial charge in [0.1, 0.15) is 12.4 Å². The van der Waals surface area contributed by atoms with Gasteiger partial charge in [-0.05, 0) is 60.4 Å². The molecule has 1 unspecified atom stereocenters. The van der Waals surface area contributed by atoms with Crippen molar-refractivity contribution >= 4 is 31.0 Å². The third-order valence-corrected chi connectivity index (χ3v) is 6.73. The van der Waals surface area contributed by atoms with Crippen LogP contribution < -0.4 is 10.5 Å². The van der Waals surface area contributed by atoms with E-state index in [0.29, 0.717) is 24.5 Å².